The predicted molar refractivity (Wildman–Crippen MR) is 68.7 cm³/mol. The molecule has 0 spiro atoms. The molecule has 2 aromatic rings. The molecule has 2 rings (SSSR count). The van der Waals surface area contributed by atoms with E-state index in [9.17, 15) is 4.39 Å². The number of benzene rings is 1. The molecule has 0 saturated heterocycles. The van der Waals surface area contributed by atoms with E-state index >= 15 is 0 Å². The summed E-state index contributed by atoms with van der Waals surface area (Å²) in [5.41, 5.74) is 1.33. The first-order valence-electron chi connectivity index (χ1n) is 6.07. The molecular formula is C14H17FN2O. The van der Waals surface area contributed by atoms with E-state index in [1.54, 1.807) is 12.3 Å². The molecule has 1 aromatic heterocycles. The third-order valence-electron chi connectivity index (χ3n) is 2.79. The van der Waals surface area contributed by atoms with Crippen LogP contribution in [0.5, 0.6) is 0 Å². The summed E-state index contributed by atoms with van der Waals surface area (Å²) in [6.45, 7) is 6.66. The normalized spacial score (nSPS) is 12.7. The minimum absolute atomic E-state index is 0.0252. The Morgan fingerprint density at radius 1 is 1.44 bits per heavy atom. The molecule has 0 aliphatic rings. The molecule has 0 fully saturated rings. The Labute approximate surface area is 106 Å². The molecule has 18 heavy (non-hydrogen) atoms. The van der Waals surface area contributed by atoms with Crippen molar-refractivity contribution in [1.82, 2.24) is 10.3 Å². The number of nitrogens with zero attached hydrogens (tertiary/aromatic N) is 1. The van der Waals surface area contributed by atoms with Gasteiger partial charge in [-0.1, -0.05) is 13.0 Å². The number of oxazole rings is 1. The van der Waals surface area contributed by atoms with Gasteiger partial charge in [-0.2, -0.15) is 0 Å². The summed E-state index contributed by atoms with van der Waals surface area (Å²) >= 11 is 0. The lowest BCUT2D eigenvalue weighted by Gasteiger charge is -2.07. The lowest BCUT2D eigenvalue weighted by Crippen LogP contribution is -2.17. The minimum Gasteiger partial charge on any atom is -0.439 e. The van der Waals surface area contributed by atoms with Crippen LogP contribution in [0.4, 0.5) is 4.39 Å². The van der Waals surface area contributed by atoms with Gasteiger partial charge in [-0.3, -0.25) is 0 Å². The van der Waals surface area contributed by atoms with Gasteiger partial charge in [-0.15, -0.1) is 0 Å². The van der Waals surface area contributed by atoms with Gasteiger partial charge in [0.15, 0.2) is 5.76 Å². The lowest BCUT2D eigenvalue weighted by molar-refractivity contribution is 0.427. The summed E-state index contributed by atoms with van der Waals surface area (Å²) in [5, 5.41) is 3.20. The molecular weight excluding hydrogens is 231 g/mol. The maximum absolute atomic E-state index is 13.8. The van der Waals surface area contributed by atoms with Gasteiger partial charge in [0.05, 0.1) is 17.8 Å². The first-order valence-corrected chi connectivity index (χ1v) is 6.07. The van der Waals surface area contributed by atoms with E-state index in [-0.39, 0.29) is 11.9 Å². The van der Waals surface area contributed by atoms with E-state index in [2.05, 4.69) is 10.3 Å². The molecule has 1 unspecified atom stereocenters. The van der Waals surface area contributed by atoms with Crippen LogP contribution in [0, 0.1) is 12.7 Å². The van der Waals surface area contributed by atoms with Crippen LogP contribution in [-0.4, -0.2) is 11.5 Å². The number of nitrogens with one attached hydrogen (secondary N) is 1. The van der Waals surface area contributed by atoms with Crippen LogP contribution in [0.1, 0.15) is 31.3 Å². The van der Waals surface area contributed by atoms with Crippen molar-refractivity contribution >= 4 is 0 Å². The van der Waals surface area contributed by atoms with Gasteiger partial charge in [0.2, 0.25) is 5.89 Å². The number of hydrogen-bond acceptors (Lipinski definition) is 3. The van der Waals surface area contributed by atoms with Crippen molar-refractivity contribution in [1.29, 1.82) is 0 Å². The maximum atomic E-state index is 13.8. The zero-order valence-electron chi connectivity index (χ0n) is 10.8. The van der Waals surface area contributed by atoms with E-state index in [0.717, 1.165) is 12.1 Å². The fraction of sp³-hybridized carbons (Fsp3) is 0.357. The maximum Gasteiger partial charge on any atom is 0.211 e. The topological polar surface area (TPSA) is 38.1 Å². The van der Waals surface area contributed by atoms with Crippen LogP contribution in [0.25, 0.3) is 11.3 Å². The highest BCUT2D eigenvalue weighted by Crippen LogP contribution is 2.26. The summed E-state index contributed by atoms with van der Waals surface area (Å²) in [4.78, 5) is 4.18. The van der Waals surface area contributed by atoms with Gasteiger partial charge in [0.1, 0.15) is 5.82 Å². The molecule has 96 valence electrons. The Morgan fingerprint density at radius 3 is 2.89 bits per heavy atom. The first-order chi connectivity index (χ1) is 8.61. The molecule has 0 radical (unpaired) electrons. The zero-order chi connectivity index (χ0) is 13.1. The summed E-state index contributed by atoms with van der Waals surface area (Å²) in [6.07, 6.45) is 1.57. The molecule has 1 aromatic carbocycles. The monoisotopic (exact) mass is 248 g/mol. The van der Waals surface area contributed by atoms with Crippen molar-refractivity contribution in [3.8, 4) is 11.3 Å². The molecule has 0 bridgehead atoms. The van der Waals surface area contributed by atoms with E-state index in [4.69, 9.17) is 4.42 Å². The lowest BCUT2D eigenvalue weighted by atomic mass is 10.1. The number of aryl methyl sites for hydroxylation is 1. The zero-order valence-corrected chi connectivity index (χ0v) is 10.8. The Morgan fingerprint density at radius 2 is 2.22 bits per heavy atom. The SMILES string of the molecule is CCNC(C)c1ncc(-c2ccc(C)cc2F)o1. The van der Waals surface area contributed by atoms with Crippen LogP contribution in [0.2, 0.25) is 0 Å². The van der Waals surface area contributed by atoms with Gasteiger partial charge < -0.3 is 9.73 Å². The summed E-state index contributed by atoms with van der Waals surface area (Å²) in [7, 11) is 0. The second-order valence-corrected chi connectivity index (χ2v) is 4.33. The molecule has 3 nitrogen and oxygen atoms in total. The van der Waals surface area contributed by atoms with Crippen LogP contribution in [0.15, 0.2) is 28.8 Å². The van der Waals surface area contributed by atoms with Gasteiger partial charge in [0, 0.05) is 0 Å². The van der Waals surface area contributed by atoms with Crippen molar-refractivity contribution in [2.24, 2.45) is 0 Å². The second kappa shape index (κ2) is 5.31. The van der Waals surface area contributed by atoms with Crippen LogP contribution < -0.4 is 5.32 Å². The quantitative estimate of drug-likeness (QED) is 0.900. The van der Waals surface area contributed by atoms with Crippen LogP contribution in [0.3, 0.4) is 0 Å². The van der Waals surface area contributed by atoms with Gasteiger partial charge in [0.25, 0.3) is 0 Å². The Hall–Kier alpha value is -1.68. The molecule has 1 heterocycles. The molecule has 1 atom stereocenters. The number of hydrogen-bond donors (Lipinski definition) is 1. The highest BCUT2D eigenvalue weighted by Gasteiger charge is 2.14. The van der Waals surface area contributed by atoms with Crippen molar-refractivity contribution in [2.45, 2.75) is 26.8 Å². The van der Waals surface area contributed by atoms with E-state index < -0.39 is 0 Å². The van der Waals surface area contributed by atoms with E-state index in [1.165, 1.54) is 6.07 Å². The number of aromatic nitrogens is 1. The summed E-state index contributed by atoms with van der Waals surface area (Å²) < 4.78 is 19.4. The Kier molecular flexibility index (Phi) is 3.77. The van der Waals surface area contributed by atoms with E-state index in [1.807, 2.05) is 26.8 Å². The second-order valence-electron chi connectivity index (χ2n) is 4.33. The molecule has 0 aliphatic carbocycles. The van der Waals surface area contributed by atoms with Crippen molar-refractivity contribution < 1.29 is 8.81 Å². The van der Waals surface area contributed by atoms with Gasteiger partial charge in [-0.25, -0.2) is 9.37 Å². The Balaban J connectivity index is 2.29. The highest BCUT2D eigenvalue weighted by molar-refractivity contribution is 5.57. The molecule has 1 N–H and O–H groups in total. The smallest absolute Gasteiger partial charge is 0.211 e. The fourth-order valence-electron chi connectivity index (χ4n) is 1.83. The van der Waals surface area contributed by atoms with Crippen molar-refractivity contribution in [2.75, 3.05) is 6.54 Å². The highest BCUT2D eigenvalue weighted by atomic mass is 19.1. The average molecular weight is 248 g/mol. The first kappa shape index (κ1) is 12.8. The number of rotatable bonds is 4. The standard InChI is InChI=1S/C14H17FN2O/c1-4-16-10(3)14-17-8-13(18-14)11-6-5-9(2)7-12(11)15/h5-8,10,16H,4H2,1-3H3. The third-order valence-corrected chi connectivity index (χ3v) is 2.79. The van der Waals surface area contributed by atoms with Gasteiger partial charge >= 0.3 is 0 Å². The minimum atomic E-state index is -0.284. The summed E-state index contributed by atoms with van der Waals surface area (Å²) in [5.74, 6) is 0.757. The van der Waals surface area contributed by atoms with Crippen LogP contribution in [-0.2, 0) is 0 Å². The number of halogens is 1. The third kappa shape index (κ3) is 2.59. The summed E-state index contributed by atoms with van der Waals surface area (Å²) in [6, 6.07) is 5.09. The molecule has 0 aliphatic heterocycles. The Bertz CT molecular complexity index is 536. The largest absolute Gasteiger partial charge is 0.439 e. The predicted octanol–water partition coefficient (Wildman–Crippen LogP) is 3.46. The van der Waals surface area contributed by atoms with E-state index in [0.29, 0.717) is 17.2 Å². The van der Waals surface area contributed by atoms with Crippen molar-refractivity contribution in [3.63, 3.8) is 0 Å². The molecule has 4 heteroatoms. The van der Waals surface area contributed by atoms with Crippen LogP contribution >= 0.6 is 0 Å². The molecule has 0 amide bonds. The van der Waals surface area contributed by atoms with Crippen molar-refractivity contribution in [3.05, 3.63) is 41.7 Å². The molecule has 0 saturated carbocycles. The van der Waals surface area contributed by atoms with Gasteiger partial charge in [-0.05, 0) is 38.1 Å². The fourth-order valence-corrected chi connectivity index (χ4v) is 1.83. The average Bonchev–Trinajstić information content (AvgIpc) is 2.78.